The number of aromatic nitrogens is 2. The third kappa shape index (κ3) is 5.65. The third-order valence-electron chi connectivity index (χ3n) is 16.7. The molecule has 0 saturated carbocycles. The lowest BCUT2D eigenvalue weighted by molar-refractivity contribution is 0.465. The van der Waals surface area contributed by atoms with E-state index in [-0.39, 0.29) is 13.4 Å². The van der Waals surface area contributed by atoms with Crippen molar-refractivity contribution in [2.24, 2.45) is 0 Å². The van der Waals surface area contributed by atoms with Gasteiger partial charge in [-0.15, -0.1) is 11.3 Å². The van der Waals surface area contributed by atoms with E-state index in [9.17, 15) is 0 Å². The van der Waals surface area contributed by atoms with Crippen LogP contribution in [0, 0.1) is 0 Å². The Kier molecular flexibility index (Phi) is 8.35. The van der Waals surface area contributed by atoms with E-state index in [1.54, 1.807) is 0 Å². The second-order valence-corrected chi connectivity index (χ2v) is 21.8. The summed E-state index contributed by atoms with van der Waals surface area (Å²) in [6.45, 7) is -0.269. The minimum absolute atomic E-state index is 0.133. The first-order valence-corrected chi connectivity index (χ1v) is 27.2. The fourth-order valence-corrected chi connectivity index (χ4v) is 15.0. The van der Waals surface area contributed by atoms with E-state index < -0.39 is 0 Å². The Labute approximate surface area is 447 Å². The fraction of sp³-hybridized carbons (Fsp3) is 0. The summed E-state index contributed by atoms with van der Waals surface area (Å²) in [6.07, 6.45) is 0. The predicted molar refractivity (Wildman–Crippen MR) is 322 cm³/mol. The molecule has 0 N–H and O–H groups in total. The van der Waals surface area contributed by atoms with Gasteiger partial charge in [0.25, 0.3) is 13.4 Å². The average molecular weight is 999 g/mol. The molecule has 0 atom stereocenters. The molecule has 0 saturated heterocycles. The van der Waals surface area contributed by atoms with Crippen LogP contribution in [0.2, 0.25) is 0 Å². The van der Waals surface area contributed by atoms with Gasteiger partial charge in [-0.1, -0.05) is 152 Å². The van der Waals surface area contributed by atoms with E-state index in [0.717, 1.165) is 107 Å². The van der Waals surface area contributed by atoms with Gasteiger partial charge in [0.1, 0.15) is 23.0 Å². The molecule has 18 rings (SSSR count). The van der Waals surface area contributed by atoms with Crippen LogP contribution in [-0.2, 0) is 0 Å². The smallest absolute Gasteiger partial charge is 0.268 e. The van der Waals surface area contributed by atoms with Gasteiger partial charge in [0.2, 0.25) is 0 Å². The molecule has 11 aromatic carbocycles. The van der Waals surface area contributed by atoms with Gasteiger partial charge < -0.3 is 28.4 Å². The van der Waals surface area contributed by atoms with E-state index in [1.807, 2.05) is 11.3 Å². The summed E-state index contributed by atoms with van der Waals surface area (Å²) in [5, 5.41) is 6.10. The van der Waals surface area contributed by atoms with Crippen LogP contribution in [0.25, 0.3) is 65.1 Å². The number of hydrogen-bond donors (Lipinski definition) is 0. The molecular weight excluding hydrogens is 958 g/mol. The van der Waals surface area contributed by atoms with Crippen LogP contribution in [0.15, 0.2) is 243 Å². The zero-order valence-electron chi connectivity index (χ0n) is 41.3. The lowest BCUT2D eigenvalue weighted by atomic mass is 9.32. The van der Waals surface area contributed by atoms with Crippen LogP contribution in [0.5, 0.6) is 23.0 Å². The monoisotopic (exact) mass is 998 g/mol. The molecule has 77 heavy (non-hydrogen) atoms. The second kappa shape index (κ2) is 15.4. The maximum atomic E-state index is 7.52. The van der Waals surface area contributed by atoms with E-state index in [4.69, 9.17) is 9.47 Å². The largest absolute Gasteiger partial charge is 0.458 e. The van der Waals surface area contributed by atoms with Crippen LogP contribution in [0.1, 0.15) is 0 Å². The van der Waals surface area contributed by atoms with Crippen molar-refractivity contribution in [3.63, 3.8) is 0 Å². The summed E-state index contributed by atoms with van der Waals surface area (Å²) >= 11 is 1.90. The summed E-state index contributed by atoms with van der Waals surface area (Å²) < 4.78 is 22.4. The number of nitrogens with zero attached hydrogens (tertiary/aromatic N) is 4. The molecule has 0 spiro atoms. The van der Waals surface area contributed by atoms with Crippen molar-refractivity contribution in [1.29, 1.82) is 0 Å². The zero-order valence-corrected chi connectivity index (χ0v) is 42.1. The Balaban J connectivity index is 0.908. The van der Waals surface area contributed by atoms with Crippen molar-refractivity contribution in [2.75, 3.05) is 9.80 Å². The fourth-order valence-electron chi connectivity index (χ4n) is 13.7. The number of ether oxygens (including phenoxy) is 2. The molecule has 4 aliphatic rings. The Bertz CT molecular complexity index is 4770. The number of para-hydroxylation sites is 7. The van der Waals surface area contributed by atoms with Gasteiger partial charge in [0.15, 0.2) is 0 Å². The zero-order chi connectivity index (χ0) is 50.0. The second-order valence-electron chi connectivity index (χ2n) is 20.7. The summed E-state index contributed by atoms with van der Waals surface area (Å²) in [5.41, 5.74) is 19.3. The van der Waals surface area contributed by atoms with E-state index in [1.165, 1.54) is 47.6 Å². The highest BCUT2D eigenvalue weighted by molar-refractivity contribution is 7.33. The Morgan fingerprint density at radius 2 is 0.753 bits per heavy atom. The minimum Gasteiger partial charge on any atom is -0.458 e. The summed E-state index contributed by atoms with van der Waals surface area (Å²) in [6, 6.07) is 88.6. The number of benzene rings is 11. The van der Waals surface area contributed by atoms with Crippen molar-refractivity contribution >= 4 is 145 Å². The molecule has 9 heteroatoms. The molecule has 0 radical (unpaired) electrons. The molecule has 0 unspecified atom stereocenters. The Morgan fingerprint density at radius 3 is 1.32 bits per heavy atom. The standard InChI is InChI=1S/C68H40B2N4O2S/c1-3-19-41(20-4-1)71-57-33-17-12-28-50(57)69-51-39-52-61(40-60(51)75-62-37-43(35-58(71)65(62)69)72-53-29-13-7-23-45(53)46-24-8-14-30-54(46)72)76-63-38-44(73-55-31-15-9-25-47(55)48-26-10-16-32-56(48)73)36-59-66(63)70(52)68-67(49-27-11-18-34-64(49)77-68)74(59)42-21-5-2-6-22-42/h1-40H. The molecule has 14 aromatic rings. The summed E-state index contributed by atoms with van der Waals surface area (Å²) in [7, 11) is 0. The molecule has 4 aliphatic heterocycles. The Morgan fingerprint density at radius 1 is 0.312 bits per heavy atom. The van der Waals surface area contributed by atoms with Gasteiger partial charge in [-0.2, -0.15) is 0 Å². The van der Waals surface area contributed by atoms with Crippen LogP contribution in [-0.4, -0.2) is 22.6 Å². The van der Waals surface area contributed by atoms with Gasteiger partial charge >= 0.3 is 0 Å². The quantitative estimate of drug-likeness (QED) is 0.165. The number of hydrogen-bond acceptors (Lipinski definition) is 5. The van der Waals surface area contributed by atoms with Crippen LogP contribution in [0.4, 0.5) is 34.1 Å². The number of rotatable bonds is 4. The van der Waals surface area contributed by atoms with Crippen LogP contribution < -0.4 is 51.4 Å². The highest BCUT2D eigenvalue weighted by Crippen LogP contribution is 2.49. The highest BCUT2D eigenvalue weighted by Gasteiger charge is 2.48. The third-order valence-corrected chi connectivity index (χ3v) is 18.0. The summed E-state index contributed by atoms with van der Waals surface area (Å²) in [4.78, 5) is 4.95. The van der Waals surface area contributed by atoms with Gasteiger partial charge in [-0.25, -0.2) is 0 Å². The number of thiophene rings is 1. The maximum absolute atomic E-state index is 7.52. The van der Waals surface area contributed by atoms with Gasteiger partial charge in [-0.3, -0.25) is 0 Å². The van der Waals surface area contributed by atoms with Crippen LogP contribution >= 0.6 is 11.3 Å². The van der Waals surface area contributed by atoms with Gasteiger partial charge in [-0.05, 0) is 100 Å². The molecule has 0 fully saturated rings. The number of anilines is 6. The van der Waals surface area contributed by atoms with Crippen molar-refractivity contribution in [1.82, 2.24) is 9.13 Å². The molecule has 0 amide bonds. The predicted octanol–water partition coefficient (Wildman–Crippen LogP) is 13.9. The SMILES string of the molecule is c1ccc(N2c3ccccc3B3c4cc5c(cc4Oc4cc(-n6c7ccccc7c7ccccc76)cc2c43)Oc2cc(-n3c4ccccc4c4ccccc43)cc3c2B5c2sc4ccccc4c2N3c2ccccc2)cc1. The average Bonchev–Trinajstić information content (AvgIpc) is 4.34. The van der Waals surface area contributed by atoms with Gasteiger partial charge in [0.05, 0.1) is 39.1 Å². The number of fused-ring (bicyclic) bond motifs is 16. The van der Waals surface area contributed by atoms with E-state index in [2.05, 4.69) is 262 Å². The summed E-state index contributed by atoms with van der Waals surface area (Å²) in [5.74, 6) is 3.28. The first kappa shape index (κ1) is 41.6. The van der Waals surface area contributed by atoms with E-state index in [0.29, 0.717) is 0 Å². The molecule has 0 bridgehead atoms. The highest BCUT2D eigenvalue weighted by atomic mass is 32.1. The first-order valence-electron chi connectivity index (χ1n) is 26.4. The molecular formula is C68H40B2N4O2S. The van der Waals surface area contributed by atoms with Crippen LogP contribution in [0.3, 0.4) is 0 Å². The normalized spacial score (nSPS) is 13.6. The van der Waals surface area contributed by atoms with Gasteiger partial charge in [0, 0.05) is 83.0 Å². The molecule has 7 heterocycles. The first-order chi connectivity index (χ1) is 38.2. The van der Waals surface area contributed by atoms with E-state index >= 15 is 0 Å². The molecule has 0 aliphatic carbocycles. The van der Waals surface area contributed by atoms with Crippen molar-refractivity contribution in [3.8, 4) is 34.4 Å². The Hall–Kier alpha value is -9.69. The topological polar surface area (TPSA) is 34.8 Å². The van der Waals surface area contributed by atoms with Crippen molar-refractivity contribution < 1.29 is 9.47 Å². The molecule has 356 valence electrons. The maximum Gasteiger partial charge on any atom is 0.268 e. The molecule has 6 nitrogen and oxygen atoms in total. The van der Waals surface area contributed by atoms with Crippen molar-refractivity contribution in [2.45, 2.75) is 0 Å². The minimum atomic E-state index is -0.137. The lowest BCUT2D eigenvalue weighted by Crippen LogP contribution is -2.62. The van der Waals surface area contributed by atoms with Crippen molar-refractivity contribution in [3.05, 3.63) is 243 Å². The lowest BCUT2D eigenvalue weighted by Gasteiger charge is -2.42. The molecule has 3 aromatic heterocycles.